The second kappa shape index (κ2) is 9.41. The first kappa shape index (κ1) is 22.5. The molecule has 4 rings (SSSR count). The van der Waals surface area contributed by atoms with Gasteiger partial charge in [-0.25, -0.2) is 9.67 Å². The quantitative estimate of drug-likeness (QED) is 0.751. The van der Waals surface area contributed by atoms with E-state index in [0.717, 1.165) is 62.5 Å². The lowest BCUT2D eigenvalue weighted by Crippen LogP contribution is -2.46. The largest absolute Gasteiger partial charge is 0.367 e. The number of hydrogen-bond donors (Lipinski definition) is 1. The fourth-order valence-electron chi connectivity index (χ4n) is 4.72. The number of rotatable bonds is 6. The second-order valence-corrected chi connectivity index (χ2v) is 10.1. The van der Waals surface area contributed by atoms with E-state index in [1.54, 1.807) is 10.7 Å². The Balaban J connectivity index is 1.42. The number of hydrogen-bond acceptors (Lipinski definition) is 6. The molecule has 1 atom stereocenters. The number of piperidine rings is 1. The molecule has 0 bridgehead atoms. The summed E-state index contributed by atoms with van der Waals surface area (Å²) in [5.74, 6) is 0.717. The summed E-state index contributed by atoms with van der Waals surface area (Å²) in [5, 5.41) is 17.7. The van der Waals surface area contributed by atoms with Crippen LogP contribution in [0.2, 0.25) is 0 Å². The van der Waals surface area contributed by atoms with E-state index in [1.165, 1.54) is 18.4 Å². The van der Waals surface area contributed by atoms with Crippen LogP contribution in [0, 0.1) is 11.3 Å². The molecular weight excluding hydrogens is 400 g/mol. The summed E-state index contributed by atoms with van der Waals surface area (Å²) >= 11 is 0. The first-order valence-corrected chi connectivity index (χ1v) is 11.8. The number of pyridine rings is 1. The molecule has 2 aromatic rings. The minimum absolute atomic E-state index is 0.0503. The van der Waals surface area contributed by atoms with Gasteiger partial charge < -0.3 is 5.32 Å². The molecule has 1 aliphatic carbocycles. The molecule has 2 aliphatic rings. The Bertz CT molecular complexity index is 1060. The van der Waals surface area contributed by atoms with Crippen LogP contribution < -0.4 is 10.9 Å². The van der Waals surface area contributed by atoms with Gasteiger partial charge in [-0.2, -0.15) is 10.4 Å². The molecule has 7 heteroatoms. The summed E-state index contributed by atoms with van der Waals surface area (Å²) in [4.78, 5) is 19.6. The van der Waals surface area contributed by atoms with Crippen molar-refractivity contribution in [1.82, 2.24) is 19.7 Å². The van der Waals surface area contributed by atoms with Gasteiger partial charge in [0.2, 0.25) is 0 Å². The standard InChI is InChI=1S/C25H34N6O/c1-25(2,3)22-10-11-23(32)31(29-22)14-13-30-12-5-4-8-20(30)17-27-24-19(16-26)15-18-7-6-9-21(18)28-24/h10-11,15,20H,4-9,12-14,17H2,1-3H3,(H,27,28). The molecule has 0 radical (unpaired) electrons. The van der Waals surface area contributed by atoms with E-state index in [9.17, 15) is 10.1 Å². The van der Waals surface area contributed by atoms with E-state index in [0.29, 0.717) is 18.2 Å². The highest BCUT2D eigenvalue weighted by Gasteiger charge is 2.24. The van der Waals surface area contributed by atoms with Crippen LogP contribution in [0.3, 0.4) is 0 Å². The Morgan fingerprint density at radius 3 is 2.81 bits per heavy atom. The van der Waals surface area contributed by atoms with Crippen LogP contribution >= 0.6 is 0 Å². The number of nitrogens with zero attached hydrogens (tertiary/aromatic N) is 5. The normalized spacial score (nSPS) is 18.9. The summed E-state index contributed by atoms with van der Waals surface area (Å²) in [6.45, 7) is 9.47. The van der Waals surface area contributed by atoms with Crippen LogP contribution in [0.25, 0.3) is 0 Å². The van der Waals surface area contributed by atoms with E-state index in [1.807, 2.05) is 12.1 Å². The van der Waals surface area contributed by atoms with Crippen molar-refractivity contribution in [2.24, 2.45) is 0 Å². The molecule has 1 unspecified atom stereocenters. The van der Waals surface area contributed by atoms with Gasteiger partial charge in [0.05, 0.1) is 17.8 Å². The summed E-state index contributed by atoms with van der Waals surface area (Å²) in [6.07, 6.45) is 6.61. The smallest absolute Gasteiger partial charge is 0.266 e. The summed E-state index contributed by atoms with van der Waals surface area (Å²) < 4.78 is 1.61. The van der Waals surface area contributed by atoms with Crippen LogP contribution in [0.1, 0.15) is 69.0 Å². The average molecular weight is 435 g/mol. The Morgan fingerprint density at radius 2 is 2.03 bits per heavy atom. The van der Waals surface area contributed by atoms with E-state index < -0.39 is 0 Å². The number of fused-ring (bicyclic) bond motifs is 1. The monoisotopic (exact) mass is 434 g/mol. The van der Waals surface area contributed by atoms with Gasteiger partial charge in [0, 0.05) is 36.3 Å². The van der Waals surface area contributed by atoms with E-state index >= 15 is 0 Å². The Hall–Kier alpha value is -2.72. The highest BCUT2D eigenvalue weighted by atomic mass is 16.1. The van der Waals surface area contributed by atoms with Crippen molar-refractivity contribution >= 4 is 5.82 Å². The minimum Gasteiger partial charge on any atom is -0.367 e. The Labute approximate surface area is 190 Å². The van der Waals surface area contributed by atoms with Crippen LogP contribution in [0.5, 0.6) is 0 Å². The lowest BCUT2D eigenvalue weighted by atomic mass is 9.92. The maximum atomic E-state index is 12.4. The van der Waals surface area contributed by atoms with E-state index in [2.05, 4.69) is 42.2 Å². The molecule has 0 amide bonds. The van der Waals surface area contributed by atoms with Gasteiger partial charge in [-0.1, -0.05) is 27.2 Å². The van der Waals surface area contributed by atoms with Crippen molar-refractivity contribution in [2.75, 3.05) is 25.0 Å². The van der Waals surface area contributed by atoms with Crippen molar-refractivity contribution in [3.05, 3.63) is 51.1 Å². The number of nitrogens with one attached hydrogen (secondary N) is 1. The maximum Gasteiger partial charge on any atom is 0.266 e. The lowest BCUT2D eigenvalue weighted by Gasteiger charge is -2.36. The molecule has 1 N–H and O–H groups in total. The van der Waals surface area contributed by atoms with Crippen LogP contribution in [0.15, 0.2) is 23.0 Å². The van der Waals surface area contributed by atoms with Crippen molar-refractivity contribution in [2.45, 2.75) is 77.3 Å². The number of nitriles is 1. The fourth-order valence-corrected chi connectivity index (χ4v) is 4.72. The van der Waals surface area contributed by atoms with Crippen molar-refractivity contribution < 1.29 is 0 Å². The first-order valence-electron chi connectivity index (χ1n) is 11.8. The van der Waals surface area contributed by atoms with Crippen LogP contribution in [0.4, 0.5) is 5.82 Å². The zero-order valence-corrected chi connectivity index (χ0v) is 19.5. The van der Waals surface area contributed by atoms with Gasteiger partial charge in [0.1, 0.15) is 11.9 Å². The Kier molecular flexibility index (Phi) is 6.61. The SMILES string of the molecule is CC(C)(C)c1ccc(=O)n(CCN2CCCCC2CNc2nc3c(cc2C#N)CCC3)n1. The summed E-state index contributed by atoms with van der Waals surface area (Å²) in [5.41, 5.74) is 3.79. The third kappa shape index (κ3) is 5.02. The zero-order chi connectivity index (χ0) is 22.7. The van der Waals surface area contributed by atoms with Gasteiger partial charge in [-0.15, -0.1) is 0 Å². The van der Waals surface area contributed by atoms with Gasteiger partial charge in [0.15, 0.2) is 0 Å². The average Bonchev–Trinajstić information content (AvgIpc) is 3.23. The van der Waals surface area contributed by atoms with Crippen molar-refractivity contribution in [1.29, 1.82) is 5.26 Å². The fraction of sp³-hybridized carbons (Fsp3) is 0.600. The minimum atomic E-state index is -0.0889. The first-order chi connectivity index (χ1) is 15.3. The summed E-state index contributed by atoms with van der Waals surface area (Å²) in [7, 11) is 0. The lowest BCUT2D eigenvalue weighted by molar-refractivity contribution is 0.147. The third-order valence-corrected chi connectivity index (χ3v) is 6.66. The molecule has 3 heterocycles. The molecule has 0 aromatic carbocycles. The molecule has 7 nitrogen and oxygen atoms in total. The van der Waals surface area contributed by atoms with Crippen molar-refractivity contribution in [3.8, 4) is 6.07 Å². The van der Waals surface area contributed by atoms with Gasteiger partial charge >= 0.3 is 0 Å². The summed E-state index contributed by atoms with van der Waals surface area (Å²) in [6, 6.07) is 8.14. The highest BCUT2D eigenvalue weighted by Crippen LogP contribution is 2.26. The molecule has 170 valence electrons. The van der Waals surface area contributed by atoms with E-state index in [4.69, 9.17) is 4.98 Å². The van der Waals surface area contributed by atoms with Crippen LogP contribution in [-0.4, -0.2) is 45.3 Å². The zero-order valence-electron chi connectivity index (χ0n) is 19.5. The van der Waals surface area contributed by atoms with E-state index in [-0.39, 0.29) is 11.0 Å². The number of aromatic nitrogens is 3. The van der Waals surface area contributed by atoms with Gasteiger partial charge in [-0.3, -0.25) is 9.69 Å². The number of likely N-dealkylation sites (tertiary alicyclic amines) is 1. The number of anilines is 1. The molecule has 0 spiro atoms. The highest BCUT2D eigenvalue weighted by molar-refractivity contribution is 5.55. The molecule has 1 saturated heterocycles. The number of aryl methyl sites for hydroxylation is 2. The van der Waals surface area contributed by atoms with Crippen molar-refractivity contribution in [3.63, 3.8) is 0 Å². The third-order valence-electron chi connectivity index (χ3n) is 6.66. The molecule has 2 aromatic heterocycles. The van der Waals surface area contributed by atoms with Gasteiger partial charge in [-0.05, 0) is 56.3 Å². The van der Waals surface area contributed by atoms with Gasteiger partial charge in [0.25, 0.3) is 5.56 Å². The Morgan fingerprint density at radius 1 is 1.19 bits per heavy atom. The molecule has 0 saturated carbocycles. The second-order valence-electron chi connectivity index (χ2n) is 10.1. The molecule has 1 aliphatic heterocycles. The molecule has 1 fully saturated rings. The molecule has 32 heavy (non-hydrogen) atoms. The van der Waals surface area contributed by atoms with Crippen LogP contribution in [-0.2, 0) is 24.8 Å². The maximum absolute atomic E-state index is 12.4. The predicted octanol–water partition coefficient (Wildman–Crippen LogP) is 3.26. The molecular formula is C25H34N6O. The predicted molar refractivity (Wildman–Crippen MR) is 126 cm³/mol. The topological polar surface area (TPSA) is 86.8 Å².